The fraction of sp³-hybridized carbons (Fsp3) is 0.167. The highest BCUT2D eigenvalue weighted by atomic mass is 35.5. The molecular formula is C12H10Cl3N3O2. The molecule has 0 saturated carbocycles. The topological polar surface area (TPSA) is 56.2 Å². The molecule has 2 rings (SSSR count). The van der Waals surface area contributed by atoms with E-state index in [9.17, 15) is 4.79 Å². The van der Waals surface area contributed by atoms with E-state index in [1.54, 1.807) is 24.0 Å². The number of aromatic nitrogens is 2. The number of hydrogen-bond donors (Lipinski definition) is 1. The van der Waals surface area contributed by atoms with Crippen LogP contribution in [-0.4, -0.2) is 22.3 Å². The molecule has 1 heterocycles. The lowest BCUT2D eigenvalue weighted by Gasteiger charge is -2.08. The lowest BCUT2D eigenvalue weighted by atomic mass is 10.3. The van der Waals surface area contributed by atoms with Crippen molar-refractivity contribution in [3.8, 4) is 5.75 Å². The van der Waals surface area contributed by atoms with E-state index in [-0.39, 0.29) is 23.3 Å². The van der Waals surface area contributed by atoms with Crippen LogP contribution in [0.15, 0.2) is 24.4 Å². The van der Waals surface area contributed by atoms with Crippen molar-refractivity contribution in [2.45, 2.75) is 0 Å². The van der Waals surface area contributed by atoms with Crippen LogP contribution in [0.4, 0.5) is 5.82 Å². The number of nitrogens with zero attached hydrogens (tertiary/aromatic N) is 2. The van der Waals surface area contributed by atoms with Crippen LogP contribution < -0.4 is 10.1 Å². The number of carbonyl (C=O) groups is 1. The second kappa shape index (κ2) is 6.35. The number of ether oxygens (including phenoxy) is 1. The summed E-state index contributed by atoms with van der Waals surface area (Å²) < 4.78 is 6.87. The van der Waals surface area contributed by atoms with E-state index in [1.807, 2.05) is 0 Å². The summed E-state index contributed by atoms with van der Waals surface area (Å²) in [5.41, 5.74) is 0. The molecule has 0 fully saturated rings. The van der Waals surface area contributed by atoms with Crippen molar-refractivity contribution in [3.63, 3.8) is 0 Å². The molecule has 106 valence electrons. The summed E-state index contributed by atoms with van der Waals surface area (Å²) in [5.74, 6) is 0.379. The van der Waals surface area contributed by atoms with Gasteiger partial charge in [0.2, 0.25) is 0 Å². The molecule has 0 unspecified atom stereocenters. The summed E-state index contributed by atoms with van der Waals surface area (Å²) in [6, 6.07) is 4.59. The van der Waals surface area contributed by atoms with E-state index in [2.05, 4.69) is 10.4 Å². The third-order valence-electron chi connectivity index (χ3n) is 2.31. The predicted molar refractivity (Wildman–Crippen MR) is 78.8 cm³/mol. The minimum Gasteiger partial charge on any atom is -0.482 e. The summed E-state index contributed by atoms with van der Waals surface area (Å²) in [4.78, 5) is 11.7. The molecule has 0 radical (unpaired) electrons. The highest BCUT2D eigenvalue weighted by Crippen LogP contribution is 2.33. The fourth-order valence-corrected chi connectivity index (χ4v) is 2.01. The Balaban J connectivity index is 1.95. The molecule has 1 amide bonds. The minimum atomic E-state index is -0.356. The number of anilines is 1. The molecule has 0 bridgehead atoms. The smallest absolute Gasteiger partial charge is 0.263 e. The number of halogens is 3. The van der Waals surface area contributed by atoms with E-state index >= 15 is 0 Å². The second-order valence-corrected chi connectivity index (χ2v) is 5.13. The first kappa shape index (κ1) is 15.0. The number of hydrogen-bond acceptors (Lipinski definition) is 3. The molecule has 0 atom stereocenters. The van der Waals surface area contributed by atoms with Gasteiger partial charge in [-0.2, -0.15) is 5.10 Å². The Bertz CT molecular complexity index is 643. The molecule has 1 N–H and O–H groups in total. The van der Waals surface area contributed by atoms with Crippen molar-refractivity contribution in [3.05, 3.63) is 39.5 Å². The molecular weight excluding hydrogens is 325 g/mol. The summed E-state index contributed by atoms with van der Waals surface area (Å²) in [6.45, 7) is -0.214. The molecule has 8 heteroatoms. The molecule has 1 aromatic heterocycles. The van der Waals surface area contributed by atoms with Crippen molar-refractivity contribution in [1.82, 2.24) is 9.78 Å². The molecule has 0 aliphatic rings. The number of amides is 1. The van der Waals surface area contributed by atoms with Gasteiger partial charge in [0, 0.05) is 25.4 Å². The van der Waals surface area contributed by atoms with Crippen molar-refractivity contribution in [2.24, 2.45) is 7.05 Å². The molecule has 0 aliphatic heterocycles. The van der Waals surface area contributed by atoms with E-state index < -0.39 is 0 Å². The van der Waals surface area contributed by atoms with E-state index in [0.29, 0.717) is 15.9 Å². The molecule has 0 spiro atoms. The van der Waals surface area contributed by atoms with Crippen LogP contribution in [0.5, 0.6) is 5.75 Å². The van der Waals surface area contributed by atoms with Crippen LogP contribution in [0, 0.1) is 0 Å². The van der Waals surface area contributed by atoms with Crippen LogP contribution in [0.1, 0.15) is 0 Å². The Kier molecular flexibility index (Phi) is 4.75. The monoisotopic (exact) mass is 333 g/mol. The molecule has 0 aliphatic carbocycles. The van der Waals surface area contributed by atoms with Gasteiger partial charge in [0.25, 0.3) is 5.91 Å². The summed E-state index contributed by atoms with van der Waals surface area (Å²) >= 11 is 17.6. The quantitative estimate of drug-likeness (QED) is 0.872. The zero-order chi connectivity index (χ0) is 14.7. The zero-order valence-electron chi connectivity index (χ0n) is 10.4. The van der Waals surface area contributed by atoms with Gasteiger partial charge in [-0.1, -0.05) is 34.8 Å². The Morgan fingerprint density at radius 2 is 2.00 bits per heavy atom. The van der Waals surface area contributed by atoms with Gasteiger partial charge >= 0.3 is 0 Å². The lowest BCUT2D eigenvalue weighted by Crippen LogP contribution is -2.20. The van der Waals surface area contributed by atoms with Crippen LogP contribution >= 0.6 is 34.8 Å². The lowest BCUT2D eigenvalue weighted by molar-refractivity contribution is -0.118. The molecule has 0 saturated heterocycles. The standard InChI is InChI=1S/C12H10Cl3N3O2/c1-18-3-2-11(17-18)16-12(19)6-20-10-5-8(14)7(13)4-9(10)15/h2-5H,6H2,1H3,(H,16,17,19). The van der Waals surface area contributed by atoms with Crippen molar-refractivity contribution < 1.29 is 9.53 Å². The molecule has 20 heavy (non-hydrogen) atoms. The van der Waals surface area contributed by atoms with E-state index in [1.165, 1.54) is 12.1 Å². The van der Waals surface area contributed by atoms with Gasteiger partial charge in [-0.25, -0.2) is 0 Å². The number of aryl methyl sites for hydroxylation is 1. The van der Waals surface area contributed by atoms with Gasteiger partial charge in [0.15, 0.2) is 12.4 Å². The minimum absolute atomic E-state index is 0.214. The average Bonchev–Trinajstić information content (AvgIpc) is 2.77. The van der Waals surface area contributed by atoms with Crippen molar-refractivity contribution >= 4 is 46.5 Å². The highest BCUT2D eigenvalue weighted by molar-refractivity contribution is 6.43. The van der Waals surface area contributed by atoms with Gasteiger partial charge in [-0.15, -0.1) is 0 Å². The van der Waals surface area contributed by atoms with E-state index in [4.69, 9.17) is 39.5 Å². The number of nitrogens with one attached hydrogen (secondary N) is 1. The molecule has 1 aromatic carbocycles. The Hall–Kier alpha value is -1.43. The Morgan fingerprint density at radius 1 is 1.30 bits per heavy atom. The summed E-state index contributed by atoms with van der Waals surface area (Å²) in [6.07, 6.45) is 1.71. The Labute approximate surface area is 130 Å². The molecule has 5 nitrogen and oxygen atoms in total. The van der Waals surface area contributed by atoms with Gasteiger partial charge in [0.1, 0.15) is 5.75 Å². The number of benzene rings is 1. The fourth-order valence-electron chi connectivity index (χ4n) is 1.42. The van der Waals surface area contributed by atoms with Gasteiger partial charge in [0.05, 0.1) is 15.1 Å². The summed E-state index contributed by atoms with van der Waals surface area (Å²) in [5, 5.41) is 7.50. The third-order valence-corrected chi connectivity index (χ3v) is 3.33. The highest BCUT2D eigenvalue weighted by Gasteiger charge is 2.10. The summed E-state index contributed by atoms with van der Waals surface area (Å²) in [7, 11) is 1.75. The maximum atomic E-state index is 11.7. The van der Waals surface area contributed by atoms with Crippen molar-refractivity contribution in [2.75, 3.05) is 11.9 Å². The zero-order valence-corrected chi connectivity index (χ0v) is 12.6. The first-order chi connectivity index (χ1) is 9.45. The normalized spacial score (nSPS) is 10.4. The van der Waals surface area contributed by atoms with Gasteiger partial charge in [-0.3, -0.25) is 9.48 Å². The molecule has 2 aromatic rings. The average molecular weight is 335 g/mol. The second-order valence-electron chi connectivity index (χ2n) is 3.91. The number of rotatable bonds is 4. The number of carbonyl (C=O) groups excluding carboxylic acids is 1. The van der Waals surface area contributed by atoms with Crippen LogP contribution in [0.25, 0.3) is 0 Å². The SMILES string of the molecule is Cn1ccc(NC(=O)COc2cc(Cl)c(Cl)cc2Cl)n1. The predicted octanol–water partition coefficient (Wildman–Crippen LogP) is 3.40. The van der Waals surface area contributed by atoms with Gasteiger partial charge in [-0.05, 0) is 6.07 Å². The van der Waals surface area contributed by atoms with Crippen LogP contribution in [0.3, 0.4) is 0 Å². The van der Waals surface area contributed by atoms with Crippen LogP contribution in [-0.2, 0) is 11.8 Å². The Morgan fingerprint density at radius 3 is 2.65 bits per heavy atom. The van der Waals surface area contributed by atoms with Crippen LogP contribution in [0.2, 0.25) is 15.1 Å². The van der Waals surface area contributed by atoms with Gasteiger partial charge < -0.3 is 10.1 Å². The van der Waals surface area contributed by atoms with E-state index in [0.717, 1.165) is 0 Å². The third kappa shape index (κ3) is 3.79. The van der Waals surface area contributed by atoms with Crippen molar-refractivity contribution in [1.29, 1.82) is 0 Å². The first-order valence-corrected chi connectivity index (χ1v) is 6.66. The first-order valence-electron chi connectivity index (χ1n) is 5.52. The largest absolute Gasteiger partial charge is 0.482 e. The maximum Gasteiger partial charge on any atom is 0.263 e. The maximum absolute atomic E-state index is 11.7.